The first-order valence-corrected chi connectivity index (χ1v) is 23.7. The summed E-state index contributed by atoms with van der Waals surface area (Å²) in [5.41, 5.74) is -0.763. The largest absolute Gasteiger partial charge is 0.397 e. The van der Waals surface area contributed by atoms with E-state index in [1.54, 1.807) is 0 Å². The van der Waals surface area contributed by atoms with Crippen molar-refractivity contribution < 1.29 is 26.7 Å². The van der Waals surface area contributed by atoms with Gasteiger partial charge in [0.1, 0.15) is 0 Å². The first-order chi connectivity index (χ1) is 25.5. The Balaban J connectivity index is 0.00000413. The monoisotopic (exact) mass is 774 g/mol. The standard InChI is InChI=1S/C42H83N3O2.CH4O4S/c1-5-7-9-11-13-15-17-19-21-23-25-27-29-31-33-35-40(46)42(43-37-38-45(42)4)39(3)44-41(47)36-34-32-30-28-26-24-22-20-18-16-14-12-10-8-6-2;1-5-6(2,3)4/h39,43H,5-38H2,1-4H3,(H,44,47);1H3,(H,2,3,4). The van der Waals surface area contributed by atoms with Crippen LogP contribution in [0, 0.1) is 0 Å². The van der Waals surface area contributed by atoms with Gasteiger partial charge in [0.15, 0.2) is 11.4 Å². The summed E-state index contributed by atoms with van der Waals surface area (Å²) in [4.78, 5) is 28.6. The van der Waals surface area contributed by atoms with Crippen molar-refractivity contribution in [2.24, 2.45) is 0 Å². The van der Waals surface area contributed by atoms with Gasteiger partial charge >= 0.3 is 10.4 Å². The molecule has 3 N–H and O–H groups in total. The lowest BCUT2D eigenvalue weighted by atomic mass is 9.91. The third kappa shape index (κ3) is 28.9. The predicted octanol–water partition coefficient (Wildman–Crippen LogP) is 11.3. The van der Waals surface area contributed by atoms with E-state index in [9.17, 15) is 18.0 Å². The predicted molar refractivity (Wildman–Crippen MR) is 224 cm³/mol. The average molecular weight is 774 g/mol. The number of nitrogens with one attached hydrogen (secondary N) is 2. The lowest BCUT2D eigenvalue weighted by Gasteiger charge is -2.40. The van der Waals surface area contributed by atoms with Crippen LogP contribution in [0.1, 0.15) is 226 Å². The fourth-order valence-electron chi connectivity index (χ4n) is 7.68. The lowest BCUT2D eigenvalue weighted by molar-refractivity contribution is -0.133. The van der Waals surface area contributed by atoms with E-state index in [2.05, 4.69) is 33.6 Å². The molecule has 10 heteroatoms. The number of ketones is 1. The maximum absolute atomic E-state index is 13.6. The highest BCUT2D eigenvalue weighted by Gasteiger charge is 2.49. The number of carbonyl (C=O) groups is 2. The number of hydrogen-bond donors (Lipinski definition) is 3. The second kappa shape index (κ2) is 35.4. The molecule has 2 unspecified atom stereocenters. The van der Waals surface area contributed by atoms with Crippen LogP contribution in [0.15, 0.2) is 0 Å². The summed E-state index contributed by atoms with van der Waals surface area (Å²) in [6.45, 7) is 8.22. The molecule has 0 aromatic rings. The summed E-state index contributed by atoms with van der Waals surface area (Å²) >= 11 is 0. The molecule has 1 fully saturated rings. The number of nitrogens with zero attached hydrogens (tertiary/aromatic N) is 1. The Morgan fingerprint density at radius 1 is 0.642 bits per heavy atom. The van der Waals surface area contributed by atoms with E-state index in [0.717, 1.165) is 45.9 Å². The molecule has 1 aliphatic heterocycles. The molecule has 0 aromatic carbocycles. The fraction of sp³-hybridized carbons (Fsp3) is 0.953. The summed E-state index contributed by atoms with van der Waals surface area (Å²) in [6, 6.07) is -0.234. The molecular weight excluding hydrogens is 687 g/mol. The Bertz CT molecular complexity index is 966. The van der Waals surface area contributed by atoms with Gasteiger partial charge in [0.25, 0.3) is 0 Å². The van der Waals surface area contributed by atoms with Crippen LogP contribution < -0.4 is 10.6 Å². The molecule has 0 saturated carbocycles. The molecule has 0 spiro atoms. The molecule has 1 aliphatic rings. The summed E-state index contributed by atoms with van der Waals surface area (Å²) in [6.07, 6.45) is 41.0. The maximum Gasteiger partial charge on any atom is 0.397 e. The number of unbranched alkanes of at least 4 members (excludes halogenated alkanes) is 28. The molecule has 1 amide bonds. The summed E-state index contributed by atoms with van der Waals surface area (Å²) in [5.74, 6) is 0.334. The molecule has 0 bridgehead atoms. The Hall–Kier alpha value is -1.07. The molecule has 0 aromatic heterocycles. The Morgan fingerprint density at radius 2 is 0.943 bits per heavy atom. The number of amides is 1. The van der Waals surface area contributed by atoms with Crippen LogP contribution in [0.2, 0.25) is 0 Å². The van der Waals surface area contributed by atoms with Crippen LogP contribution in [0.5, 0.6) is 0 Å². The molecular formula is C43H87N3O6S. The topological polar surface area (TPSA) is 125 Å². The maximum atomic E-state index is 13.6. The van der Waals surface area contributed by atoms with Crippen LogP contribution in [0.25, 0.3) is 0 Å². The average Bonchev–Trinajstić information content (AvgIpc) is 3.53. The third-order valence-corrected chi connectivity index (χ3v) is 11.5. The van der Waals surface area contributed by atoms with Gasteiger partial charge in [0, 0.05) is 25.9 Å². The highest BCUT2D eigenvalue weighted by molar-refractivity contribution is 7.80. The van der Waals surface area contributed by atoms with E-state index >= 15 is 0 Å². The van der Waals surface area contributed by atoms with E-state index in [1.807, 2.05) is 14.0 Å². The molecule has 53 heavy (non-hydrogen) atoms. The molecule has 1 rings (SSSR count). The second-order valence-electron chi connectivity index (χ2n) is 15.8. The van der Waals surface area contributed by atoms with Gasteiger partial charge in [-0.1, -0.05) is 194 Å². The molecule has 2 atom stereocenters. The van der Waals surface area contributed by atoms with E-state index in [0.29, 0.717) is 12.8 Å². The van der Waals surface area contributed by atoms with Crippen molar-refractivity contribution in [3.8, 4) is 0 Å². The van der Waals surface area contributed by atoms with Crippen molar-refractivity contribution in [3.05, 3.63) is 0 Å². The van der Waals surface area contributed by atoms with Crippen molar-refractivity contribution >= 4 is 22.1 Å². The van der Waals surface area contributed by atoms with Crippen molar-refractivity contribution in [2.75, 3.05) is 27.2 Å². The highest BCUT2D eigenvalue weighted by atomic mass is 32.3. The van der Waals surface area contributed by atoms with Gasteiger partial charge in [-0.25, -0.2) is 0 Å². The quantitative estimate of drug-likeness (QED) is 0.0424. The van der Waals surface area contributed by atoms with Gasteiger partial charge in [0.2, 0.25) is 5.91 Å². The fourth-order valence-corrected chi connectivity index (χ4v) is 7.68. The zero-order valence-electron chi connectivity index (χ0n) is 35.5. The van der Waals surface area contributed by atoms with Crippen LogP contribution >= 0.6 is 0 Å². The molecule has 0 radical (unpaired) electrons. The normalized spacial score (nSPS) is 16.7. The summed E-state index contributed by atoms with van der Waals surface area (Å²) < 4.78 is 29.7. The minimum atomic E-state index is -4.16. The van der Waals surface area contributed by atoms with E-state index in [-0.39, 0.29) is 17.7 Å². The first-order valence-electron chi connectivity index (χ1n) is 22.4. The smallest absolute Gasteiger partial charge is 0.350 e. The Labute approximate surface area is 328 Å². The van der Waals surface area contributed by atoms with E-state index in [1.165, 1.54) is 167 Å². The van der Waals surface area contributed by atoms with Gasteiger partial charge in [-0.3, -0.25) is 28.5 Å². The minimum Gasteiger partial charge on any atom is -0.350 e. The van der Waals surface area contributed by atoms with Gasteiger partial charge < -0.3 is 5.32 Å². The molecule has 316 valence electrons. The van der Waals surface area contributed by atoms with Gasteiger partial charge in [-0.05, 0) is 26.8 Å². The van der Waals surface area contributed by atoms with E-state index < -0.39 is 16.1 Å². The molecule has 1 heterocycles. The zero-order valence-corrected chi connectivity index (χ0v) is 36.3. The van der Waals surface area contributed by atoms with Gasteiger partial charge in [-0.2, -0.15) is 8.42 Å². The molecule has 1 saturated heterocycles. The zero-order chi connectivity index (χ0) is 39.5. The van der Waals surface area contributed by atoms with Crippen LogP contribution in [0.3, 0.4) is 0 Å². The molecule has 0 aliphatic carbocycles. The number of carbonyl (C=O) groups excluding carboxylic acids is 2. The lowest BCUT2D eigenvalue weighted by Crippen LogP contribution is -2.67. The number of Topliss-reactive ketones (excluding diaryl/α,β-unsaturated/α-hetero) is 1. The third-order valence-electron chi connectivity index (χ3n) is 11.1. The Morgan fingerprint density at radius 3 is 1.23 bits per heavy atom. The summed E-state index contributed by atoms with van der Waals surface area (Å²) in [7, 11) is -1.26. The SMILES string of the molecule is CCCCCCCCCCCCCCCCCC(=O)NC(C)C1(C(=O)CCCCCCCCCCCCCCCCC)NCCN1C.COS(=O)(=O)O. The first kappa shape index (κ1) is 51.9. The van der Waals surface area contributed by atoms with Crippen LogP contribution in [0.4, 0.5) is 0 Å². The molecule has 9 nitrogen and oxygen atoms in total. The second-order valence-corrected chi connectivity index (χ2v) is 17.0. The minimum absolute atomic E-state index is 0.0912. The van der Waals surface area contributed by atoms with E-state index in [4.69, 9.17) is 4.55 Å². The van der Waals surface area contributed by atoms with Gasteiger partial charge in [0.05, 0.1) is 13.2 Å². The van der Waals surface area contributed by atoms with Crippen molar-refractivity contribution in [1.82, 2.24) is 15.5 Å². The van der Waals surface area contributed by atoms with Crippen molar-refractivity contribution in [2.45, 2.75) is 238 Å². The van der Waals surface area contributed by atoms with Crippen LogP contribution in [-0.2, 0) is 24.2 Å². The highest BCUT2D eigenvalue weighted by Crippen LogP contribution is 2.25. The Kier molecular flexibility index (Phi) is 34.6. The van der Waals surface area contributed by atoms with Gasteiger partial charge in [-0.15, -0.1) is 0 Å². The van der Waals surface area contributed by atoms with Crippen molar-refractivity contribution in [3.63, 3.8) is 0 Å². The summed E-state index contributed by atoms with van der Waals surface area (Å²) in [5, 5.41) is 6.72. The number of hydrogen-bond acceptors (Lipinski definition) is 7. The number of likely N-dealkylation sites (N-methyl/N-ethyl adjacent to an activating group) is 1. The number of rotatable bonds is 36. The van der Waals surface area contributed by atoms with Crippen molar-refractivity contribution in [1.29, 1.82) is 0 Å². The van der Waals surface area contributed by atoms with Crippen LogP contribution in [-0.4, -0.2) is 68.5 Å².